The number of rotatable bonds is 2. The Bertz CT molecular complexity index is 262. The van der Waals surface area contributed by atoms with E-state index in [0.717, 1.165) is 25.7 Å². The quantitative estimate of drug-likeness (QED) is 0.740. The second-order valence-electron chi connectivity index (χ2n) is 5.97. The minimum absolute atomic E-state index is 0.338. The second-order valence-corrected chi connectivity index (χ2v) is 5.97. The Kier molecular flexibility index (Phi) is 5.53. The molecular formula is C16H26O2. The van der Waals surface area contributed by atoms with Crippen molar-refractivity contribution in [2.75, 3.05) is 0 Å². The first kappa shape index (κ1) is 13.9. The summed E-state index contributed by atoms with van der Waals surface area (Å²) in [5.41, 5.74) is 0. The number of aliphatic hydroxyl groups is 2. The van der Waals surface area contributed by atoms with Crippen LogP contribution < -0.4 is 0 Å². The first-order chi connectivity index (χ1) is 8.77. The molecule has 2 aliphatic carbocycles. The van der Waals surface area contributed by atoms with Crippen LogP contribution in [-0.2, 0) is 0 Å². The summed E-state index contributed by atoms with van der Waals surface area (Å²) in [6.07, 6.45) is 10.8. The van der Waals surface area contributed by atoms with E-state index in [4.69, 9.17) is 0 Å². The third-order valence-electron chi connectivity index (χ3n) is 4.57. The van der Waals surface area contributed by atoms with E-state index in [1.54, 1.807) is 0 Å². The molecule has 2 nitrogen and oxygen atoms in total. The lowest BCUT2D eigenvalue weighted by Crippen LogP contribution is -2.24. The van der Waals surface area contributed by atoms with Gasteiger partial charge in [0.15, 0.2) is 0 Å². The molecule has 2 N–H and O–H groups in total. The average Bonchev–Trinajstić information content (AvgIpc) is 2.46. The Balaban J connectivity index is 1.81. The van der Waals surface area contributed by atoms with Gasteiger partial charge in [0.2, 0.25) is 0 Å². The minimum atomic E-state index is -0.524. The molecule has 2 heteroatoms. The molecule has 18 heavy (non-hydrogen) atoms. The van der Waals surface area contributed by atoms with Gasteiger partial charge in [-0.05, 0) is 37.5 Å². The van der Waals surface area contributed by atoms with Crippen molar-refractivity contribution in [2.45, 2.75) is 76.4 Å². The highest BCUT2D eigenvalue weighted by Crippen LogP contribution is 2.27. The van der Waals surface area contributed by atoms with Crippen LogP contribution in [0.25, 0.3) is 0 Å². The zero-order chi connectivity index (χ0) is 12.8. The molecular weight excluding hydrogens is 224 g/mol. The van der Waals surface area contributed by atoms with Crippen molar-refractivity contribution in [1.29, 1.82) is 0 Å². The van der Waals surface area contributed by atoms with Crippen molar-refractivity contribution in [2.24, 2.45) is 11.8 Å². The van der Waals surface area contributed by atoms with Crippen LogP contribution in [0.1, 0.15) is 64.2 Å². The molecule has 0 heterocycles. The van der Waals surface area contributed by atoms with Gasteiger partial charge >= 0.3 is 0 Å². The number of hydrogen-bond donors (Lipinski definition) is 2. The standard InChI is InChI=1S/C16H26O2/c17-15(13-7-3-1-4-8-13)11-12-16(18)14-9-5-2-6-10-14/h13-18H,1-10H2/t15-,16?/m1/s1. The summed E-state index contributed by atoms with van der Waals surface area (Å²) in [6.45, 7) is 0. The predicted octanol–water partition coefficient (Wildman–Crippen LogP) is 2.87. The monoisotopic (exact) mass is 250 g/mol. The van der Waals surface area contributed by atoms with E-state index in [0.29, 0.717) is 11.8 Å². The van der Waals surface area contributed by atoms with Crippen LogP contribution >= 0.6 is 0 Å². The normalized spacial score (nSPS) is 26.1. The fourth-order valence-electron chi connectivity index (χ4n) is 3.31. The van der Waals surface area contributed by atoms with Gasteiger partial charge in [0, 0.05) is 0 Å². The first-order valence-corrected chi connectivity index (χ1v) is 7.64. The maximum Gasteiger partial charge on any atom is 0.117 e. The van der Waals surface area contributed by atoms with Crippen LogP contribution in [0.15, 0.2) is 0 Å². The molecule has 0 bridgehead atoms. The van der Waals surface area contributed by atoms with E-state index in [9.17, 15) is 10.2 Å². The molecule has 0 aliphatic heterocycles. The third kappa shape index (κ3) is 4.00. The van der Waals surface area contributed by atoms with Gasteiger partial charge in [0.1, 0.15) is 12.2 Å². The van der Waals surface area contributed by atoms with Crippen molar-refractivity contribution in [3.05, 3.63) is 0 Å². The van der Waals surface area contributed by atoms with Crippen molar-refractivity contribution >= 4 is 0 Å². The van der Waals surface area contributed by atoms with Crippen molar-refractivity contribution in [3.8, 4) is 11.8 Å². The smallest absolute Gasteiger partial charge is 0.117 e. The van der Waals surface area contributed by atoms with Crippen LogP contribution in [0.5, 0.6) is 0 Å². The fraction of sp³-hybridized carbons (Fsp3) is 0.875. The first-order valence-electron chi connectivity index (χ1n) is 7.64. The SMILES string of the molecule is OC(C#C[C@@H](O)C1CCCCC1)C1CCCCC1. The molecule has 2 rings (SSSR count). The maximum absolute atomic E-state index is 10.0. The zero-order valence-electron chi connectivity index (χ0n) is 11.3. The van der Waals surface area contributed by atoms with E-state index in [1.165, 1.54) is 38.5 Å². The van der Waals surface area contributed by atoms with Crippen molar-refractivity contribution in [3.63, 3.8) is 0 Å². The van der Waals surface area contributed by atoms with E-state index in [1.807, 2.05) is 0 Å². The van der Waals surface area contributed by atoms with Crippen LogP contribution in [0, 0.1) is 23.7 Å². The highest BCUT2D eigenvalue weighted by atomic mass is 16.3. The molecule has 0 aromatic heterocycles. The van der Waals surface area contributed by atoms with E-state index >= 15 is 0 Å². The molecule has 102 valence electrons. The topological polar surface area (TPSA) is 40.5 Å². The van der Waals surface area contributed by atoms with Crippen LogP contribution in [-0.4, -0.2) is 22.4 Å². The van der Waals surface area contributed by atoms with Gasteiger partial charge < -0.3 is 10.2 Å². The van der Waals surface area contributed by atoms with Crippen LogP contribution in [0.4, 0.5) is 0 Å². The lowest BCUT2D eigenvalue weighted by atomic mass is 9.84. The molecule has 0 radical (unpaired) electrons. The lowest BCUT2D eigenvalue weighted by Gasteiger charge is -2.24. The molecule has 2 atom stereocenters. The number of hydrogen-bond acceptors (Lipinski definition) is 2. The molecule has 0 aromatic rings. The van der Waals surface area contributed by atoms with Gasteiger partial charge in [0.25, 0.3) is 0 Å². The summed E-state index contributed by atoms with van der Waals surface area (Å²) in [4.78, 5) is 0. The molecule has 2 fully saturated rings. The van der Waals surface area contributed by atoms with Crippen molar-refractivity contribution in [1.82, 2.24) is 0 Å². The zero-order valence-corrected chi connectivity index (χ0v) is 11.3. The van der Waals surface area contributed by atoms with Gasteiger partial charge in [-0.25, -0.2) is 0 Å². The van der Waals surface area contributed by atoms with Gasteiger partial charge in [-0.3, -0.25) is 0 Å². The molecule has 0 spiro atoms. The molecule has 2 saturated carbocycles. The average molecular weight is 250 g/mol. The van der Waals surface area contributed by atoms with Gasteiger partial charge in [-0.2, -0.15) is 0 Å². The summed E-state index contributed by atoms with van der Waals surface area (Å²) in [7, 11) is 0. The Hall–Kier alpha value is -0.520. The Morgan fingerprint density at radius 3 is 1.28 bits per heavy atom. The number of aliphatic hydroxyl groups excluding tert-OH is 2. The minimum Gasteiger partial charge on any atom is -0.380 e. The highest BCUT2D eigenvalue weighted by molar-refractivity contribution is 5.11. The van der Waals surface area contributed by atoms with Gasteiger partial charge in [-0.1, -0.05) is 50.4 Å². The molecule has 0 amide bonds. The third-order valence-corrected chi connectivity index (χ3v) is 4.57. The van der Waals surface area contributed by atoms with E-state index < -0.39 is 12.2 Å². The summed E-state index contributed by atoms with van der Waals surface area (Å²) >= 11 is 0. The predicted molar refractivity (Wildman–Crippen MR) is 72.9 cm³/mol. The van der Waals surface area contributed by atoms with Crippen LogP contribution in [0.2, 0.25) is 0 Å². The summed E-state index contributed by atoms with van der Waals surface area (Å²) in [5, 5.41) is 20.1. The lowest BCUT2D eigenvalue weighted by molar-refractivity contribution is 0.124. The van der Waals surface area contributed by atoms with E-state index in [-0.39, 0.29) is 0 Å². The molecule has 0 aromatic carbocycles. The Morgan fingerprint density at radius 2 is 0.944 bits per heavy atom. The summed E-state index contributed by atoms with van der Waals surface area (Å²) in [6, 6.07) is 0. The van der Waals surface area contributed by atoms with Gasteiger partial charge in [0.05, 0.1) is 0 Å². The molecule has 1 unspecified atom stereocenters. The van der Waals surface area contributed by atoms with Crippen molar-refractivity contribution < 1.29 is 10.2 Å². The molecule has 2 aliphatic rings. The van der Waals surface area contributed by atoms with Gasteiger partial charge in [-0.15, -0.1) is 0 Å². The Labute approximate surface area is 111 Å². The second kappa shape index (κ2) is 7.16. The summed E-state index contributed by atoms with van der Waals surface area (Å²) < 4.78 is 0. The maximum atomic E-state index is 10.0. The highest BCUT2D eigenvalue weighted by Gasteiger charge is 2.22. The Morgan fingerprint density at radius 1 is 0.611 bits per heavy atom. The molecule has 0 saturated heterocycles. The summed E-state index contributed by atoms with van der Waals surface area (Å²) in [5.74, 6) is 6.49. The van der Waals surface area contributed by atoms with Crippen LogP contribution in [0.3, 0.4) is 0 Å². The fourth-order valence-corrected chi connectivity index (χ4v) is 3.31. The van der Waals surface area contributed by atoms with E-state index in [2.05, 4.69) is 11.8 Å². The largest absolute Gasteiger partial charge is 0.380 e.